The first kappa shape index (κ1) is 18.3. The highest BCUT2D eigenvalue weighted by Crippen LogP contribution is 2.34. The van der Waals surface area contributed by atoms with Crippen LogP contribution in [0.4, 0.5) is 0 Å². The van der Waals surface area contributed by atoms with E-state index < -0.39 is 46.1 Å². The summed E-state index contributed by atoms with van der Waals surface area (Å²) in [5, 5.41) is 20.5. The summed E-state index contributed by atoms with van der Waals surface area (Å²) >= 11 is 0. The van der Waals surface area contributed by atoms with Crippen LogP contribution in [-0.4, -0.2) is 47.0 Å². The lowest BCUT2D eigenvalue weighted by molar-refractivity contribution is -0.0447. The van der Waals surface area contributed by atoms with E-state index in [1.165, 1.54) is 12.1 Å². The van der Waals surface area contributed by atoms with Gasteiger partial charge in [-0.15, -0.1) is 0 Å². The van der Waals surface area contributed by atoms with Crippen molar-refractivity contribution in [2.24, 2.45) is 0 Å². The Balaban J connectivity index is 2.12. The molecule has 1 fully saturated rings. The van der Waals surface area contributed by atoms with Gasteiger partial charge in [-0.2, -0.15) is 0 Å². The third-order valence-electron chi connectivity index (χ3n) is 3.93. The molecule has 2 heterocycles. The highest BCUT2D eigenvalue weighted by Gasteiger charge is 2.41. The number of aliphatic hydroxyl groups is 2. The highest BCUT2D eigenvalue weighted by atomic mass is 32.2. The number of sulfone groups is 1. The molecule has 26 heavy (non-hydrogen) atoms. The number of rotatable bonds is 4. The molecule has 2 aromatic rings. The van der Waals surface area contributed by atoms with Gasteiger partial charge in [0.15, 0.2) is 16.1 Å². The fourth-order valence-electron chi connectivity index (χ4n) is 2.65. The molecule has 138 valence electrons. The van der Waals surface area contributed by atoms with Gasteiger partial charge in [0.2, 0.25) is 0 Å². The van der Waals surface area contributed by atoms with Crippen LogP contribution in [0.1, 0.15) is 6.23 Å². The maximum absolute atomic E-state index is 12.6. The molecule has 3 atom stereocenters. The first-order chi connectivity index (χ1) is 12.3. The number of nitrogens with zero attached hydrogens (tertiary/aromatic N) is 1. The average Bonchev–Trinajstić information content (AvgIpc) is 2.91. The number of hydrogen-bond acceptors (Lipinski definition) is 7. The van der Waals surface area contributed by atoms with E-state index in [9.17, 15) is 28.2 Å². The summed E-state index contributed by atoms with van der Waals surface area (Å²) < 4.78 is 31.6. The summed E-state index contributed by atoms with van der Waals surface area (Å²) in [6.45, 7) is -0.585. The second-order valence-electron chi connectivity index (χ2n) is 5.65. The van der Waals surface area contributed by atoms with Crippen LogP contribution < -0.4 is 11.2 Å². The first-order valence-electron chi connectivity index (χ1n) is 7.61. The van der Waals surface area contributed by atoms with E-state index in [-0.39, 0.29) is 10.5 Å². The zero-order chi connectivity index (χ0) is 18.9. The minimum Gasteiger partial charge on any atom is -0.394 e. The van der Waals surface area contributed by atoms with Gasteiger partial charge in [0.05, 0.1) is 11.5 Å². The van der Waals surface area contributed by atoms with Crippen LogP contribution in [0, 0.1) is 0 Å². The summed E-state index contributed by atoms with van der Waals surface area (Å²) in [6.07, 6.45) is -2.72. The van der Waals surface area contributed by atoms with Gasteiger partial charge in [0.1, 0.15) is 12.2 Å². The number of nitrogens with one attached hydrogen (secondary N) is 1. The minimum absolute atomic E-state index is 0.000265. The van der Waals surface area contributed by atoms with E-state index >= 15 is 0 Å². The molecule has 0 saturated carbocycles. The lowest BCUT2D eigenvalue weighted by Gasteiger charge is -2.15. The summed E-state index contributed by atoms with van der Waals surface area (Å²) in [5.74, 6) is 0. The van der Waals surface area contributed by atoms with Gasteiger partial charge >= 0.3 is 5.69 Å². The molecule has 1 aliphatic heterocycles. The lowest BCUT2D eigenvalue weighted by atomic mass is 10.1. The largest absolute Gasteiger partial charge is 0.394 e. The van der Waals surface area contributed by atoms with Crippen molar-refractivity contribution < 1.29 is 23.4 Å². The quantitative estimate of drug-likeness (QED) is 0.627. The molecule has 0 amide bonds. The Morgan fingerprint density at radius 1 is 1.19 bits per heavy atom. The summed E-state index contributed by atoms with van der Waals surface area (Å²) in [5.41, 5.74) is -1.59. The van der Waals surface area contributed by atoms with Crippen LogP contribution in [0.5, 0.6) is 0 Å². The molecular formula is C16H16N2O7S. The molecule has 3 N–H and O–H groups in total. The predicted octanol–water partition coefficient (Wildman–Crippen LogP) is -0.855. The van der Waals surface area contributed by atoms with E-state index in [4.69, 9.17) is 4.74 Å². The number of hydrogen-bond donors (Lipinski definition) is 3. The summed E-state index contributed by atoms with van der Waals surface area (Å²) in [4.78, 5) is 25.3. The number of aliphatic hydroxyl groups excluding tert-OH is 2. The van der Waals surface area contributed by atoms with Crippen LogP contribution in [0.2, 0.25) is 0 Å². The maximum atomic E-state index is 12.6. The highest BCUT2D eigenvalue weighted by molar-refractivity contribution is 7.94. The normalized spacial score (nSPS) is 24.8. The van der Waals surface area contributed by atoms with Gasteiger partial charge in [-0.3, -0.25) is 14.3 Å². The van der Waals surface area contributed by atoms with Crippen molar-refractivity contribution in [3.63, 3.8) is 0 Å². The zero-order valence-electron chi connectivity index (χ0n) is 13.3. The summed E-state index contributed by atoms with van der Waals surface area (Å²) in [6, 6.07) is 8.59. The minimum atomic E-state index is -3.94. The molecule has 1 aromatic heterocycles. The van der Waals surface area contributed by atoms with Gasteiger partial charge in [0, 0.05) is 23.2 Å². The Morgan fingerprint density at radius 2 is 1.88 bits per heavy atom. The smallest absolute Gasteiger partial charge is 0.330 e. The van der Waals surface area contributed by atoms with E-state index in [0.29, 0.717) is 0 Å². The Kier molecular flexibility index (Phi) is 4.92. The van der Waals surface area contributed by atoms with Crippen LogP contribution in [0.15, 0.2) is 68.1 Å². The van der Waals surface area contributed by atoms with Crippen LogP contribution in [-0.2, 0) is 14.6 Å². The number of ether oxygens (including phenoxy) is 1. The summed E-state index contributed by atoms with van der Waals surface area (Å²) in [7, 11) is -3.94. The van der Waals surface area contributed by atoms with Gasteiger partial charge in [-0.1, -0.05) is 18.2 Å². The van der Waals surface area contributed by atoms with Crippen LogP contribution in [0.25, 0.3) is 0 Å². The molecule has 3 rings (SSSR count). The van der Waals surface area contributed by atoms with Crippen molar-refractivity contribution in [2.75, 3.05) is 6.61 Å². The molecular weight excluding hydrogens is 364 g/mol. The molecule has 0 aliphatic carbocycles. The topological polar surface area (TPSA) is 139 Å². The van der Waals surface area contributed by atoms with Crippen molar-refractivity contribution in [1.29, 1.82) is 0 Å². The zero-order valence-corrected chi connectivity index (χ0v) is 14.2. The molecule has 1 unspecified atom stereocenters. The van der Waals surface area contributed by atoms with Crippen LogP contribution >= 0.6 is 0 Å². The van der Waals surface area contributed by atoms with E-state index in [2.05, 4.69) is 0 Å². The molecule has 1 aromatic carbocycles. The second-order valence-corrected chi connectivity index (χ2v) is 7.44. The number of aromatic nitrogens is 2. The lowest BCUT2D eigenvalue weighted by Crippen LogP contribution is -2.32. The van der Waals surface area contributed by atoms with Gasteiger partial charge < -0.3 is 14.9 Å². The molecule has 0 radical (unpaired) electrons. The second kappa shape index (κ2) is 7.00. The molecule has 0 bridgehead atoms. The third kappa shape index (κ3) is 3.40. The van der Waals surface area contributed by atoms with Crippen molar-refractivity contribution in [3.05, 3.63) is 74.4 Å². The molecule has 10 heteroatoms. The SMILES string of the molecule is O=c1ccn([C@H]2O[C@@H](CO)C(O)C2=CS(=O)(=O)c2ccccc2)c(=O)[nH]1. The van der Waals surface area contributed by atoms with Crippen molar-refractivity contribution in [2.45, 2.75) is 23.3 Å². The van der Waals surface area contributed by atoms with Gasteiger partial charge in [0.25, 0.3) is 5.56 Å². The maximum Gasteiger partial charge on any atom is 0.330 e. The van der Waals surface area contributed by atoms with E-state index in [0.717, 1.165) is 22.2 Å². The van der Waals surface area contributed by atoms with Crippen molar-refractivity contribution >= 4 is 9.84 Å². The predicted molar refractivity (Wildman–Crippen MR) is 90.0 cm³/mol. The van der Waals surface area contributed by atoms with Gasteiger partial charge in [-0.05, 0) is 12.1 Å². The standard InChI is InChI=1S/C16H16N2O7S/c19-8-12-14(21)11(9-26(23,24)10-4-2-1-3-5-10)15(25-12)18-7-6-13(20)17-16(18)22/h1-7,9,12,14-15,19,21H,8H2,(H,17,20,22)/t12-,14?,15-/m0/s1. The Labute approximate surface area is 147 Å². The van der Waals surface area contributed by atoms with Crippen LogP contribution in [0.3, 0.4) is 0 Å². The van der Waals surface area contributed by atoms with Crippen molar-refractivity contribution in [3.8, 4) is 0 Å². The third-order valence-corrected chi connectivity index (χ3v) is 5.44. The fraction of sp³-hybridized carbons (Fsp3) is 0.250. The van der Waals surface area contributed by atoms with Gasteiger partial charge in [-0.25, -0.2) is 13.2 Å². The van der Waals surface area contributed by atoms with E-state index in [1.54, 1.807) is 18.2 Å². The van der Waals surface area contributed by atoms with Crippen molar-refractivity contribution in [1.82, 2.24) is 9.55 Å². The monoisotopic (exact) mass is 380 g/mol. The molecule has 9 nitrogen and oxygen atoms in total. The molecule has 0 spiro atoms. The molecule has 1 saturated heterocycles. The average molecular weight is 380 g/mol. The number of benzene rings is 1. The number of aromatic amines is 1. The number of H-pyrrole nitrogens is 1. The first-order valence-corrected chi connectivity index (χ1v) is 9.15. The van der Waals surface area contributed by atoms with E-state index in [1.807, 2.05) is 4.98 Å². The molecule has 1 aliphatic rings. The fourth-order valence-corrected chi connectivity index (χ4v) is 3.93. The Bertz CT molecular complexity index is 1040. The Hall–Kier alpha value is -2.53. The Morgan fingerprint density at radius 3 is 2.50 bits per heavy atom.